The van der Waals surface area contributed by atoms with Gasteiger partial charge in [-0.1, -0.05) is 36.4 Å². The van der Waals surface area contributed by atoms with Crippen LogP contribution in [-0.2, 0) is 9.59 Å². The minimum absolute atomic E-state index is 0.0984. The van der Waals surface area contributed by atoms with Crippen LogP contribution in [0.15, 0.2) is 114 Å². The second-order valence-corrected chi connectivity index (χ2v) is 9.97. The molecule has 0 unspecified atom stereocenters. The molecule has 202 valence electrons. The molecule has 3 aromatic carbocycles. The van der Waals surface area contributed by atoms with Crippen molar-refractivity contribution in [2.75, 3.05) is 35.4 Å². The lowest BCUT2D eigenvalue weighted by Gasteiger charge is -2.14. The predicted molar refractivity (Wildman–Crippen MR) is 161 cm³/mol. The summed E-state index contributed by atoms with van der Waals surface area (Å²) in [4.78, 5) is 45.3. The summed E-state index contributed by atoms with van der Waals surface area (Å²) in [6.45, 7) is 0. The number of aromatic nitrogens is 1. The molecule has 4 aromatic rings. The summed E-state index contributed by atoms with van der Waals surface area (Å²) < 4.78 is 0. The van der Waals surface area contributed by atoms with Gasteiger partial charge in [0.15, 0.2) is 0 Å². The molecule has 1 heterocycles. The van der Waals surface area contributed by atoms with E-state index in [1.165, 1.54) is 11.8 Å². The predicted octanol–water partition coefficient (Wildman–Crippen LogP) is 5.29. The van der Waals surface area contributed by atoms with Gasteiger partial charge in [-0.3, -0.25) is 19.4 Å². The molecule has 0 saturated heterocycles. The molecule has 3 amide bonds. The van der Waals surface area contributed by atoms with E-state index in [4.69, 9.17) is 0 Å². The maximum atomic E-state index is 13.4. The van der Waals surface area contributed by atoms with E-state index >= 15 is 0 Å². The lowest BCUT2D eigenvalue weighted by Crippen LogP contribution is -2.30. The number of hydrogen-bond donors (Lipinski definition) is 3. The summed E-state index contributed by atoms with van der Waals surface area (Å²) in [5.41, 5.74) is 3.52. The molecule has 1 aromatic heterocycles. The molecule has 0 aliphatic rings. The standard InChI is InChI=1S/C31H29N5O3S/c1-36(2)26-13-11-22(12-14-26)19-28(35-30(38)23-7-4-3-5-8-23)31(39)34-25-9-6-10-27(20-25)40-21-29(37)33-24-15-17-32-18-16-24/h3-20H,21H2,1-2H3,(H,34,39)(H,35,38)(H,32,33,37)/b28-19+. The van der Waals surface area contributed by atoms with Crippen molar-refractivity contribution < 1.29 is 14.4 Å². The summed E-state index contributed by atoms with van der Waals surface area (Å²) in [5, 5.41) is 8.44. The lowest BCUT2D eigenvalue weighted by molar-refractivity contribution is -0.114. The highest BCUT2D eigenvalue weighted by Crippen LogP contribution is 2.23. The Hall–Kier alpha value is -4.89. The van der Waals surface area contributed by atoms with Gasteiger partial charge in [-0.2, -0.15) is 0 Å². The van der Waals surface area contributed by atoms with Crippen LogP contribution in [0.25, 0.3) is 6.08 Å². The number of rotatable bonds is 10. The number of nitrogens with zero attached hydrogens (tertiary/aromatic N) is 2. The van der Waals surface area contributed by atoms with Crippen molar-refractivity contribution in [3.8, 4) is 0 Å². The zero-order valence-electron chi connectivity index (χ0n) is 22.1. The van der Waals surface area contributed by atoms with Gasteiger partial charge in [0.1, 0.15) is 5.70 Å². The average molecular weight is 552 g/mol. The Morgan fingerprint density at radius 3 is 2.25 bits per heavy atom. The minimum atomic E-state index is -0.474. The van der Waals surface area contributed by atoms with Gasteiger partial charge in [-0.15, -0.1) is 11.8 Å². The van der Waals surface area contributed by atoms with Gasteiger partial charge < -0.3 is 20.9 Å². The molecule has 0 radical (unpaired) electrons. The van der Waals surface area contributed by atoms with Gasteiger partial charge in [0, 0.05) is 54.0 Å². The van der Waals surface area contributed by atoms with Gasteiger partial charge in [-0.05, 0) is 66.2 Å². The van der Waals surface area contributed by atoms with E-state index in [0.717, 1.165) is 16.1 Å². The summed E-state index contributed by atoms with van der Waals surface area (Å²) in [6.07, 6.45) is 4.86. The molecule has 8 nitrogen and oxygen atoms in total. The first-order valence-corrected chi connectivity index (χ1v) is 13.5. The third-order valence-electron chi connectivity index (χ3n) is 5.68. The number of carbonyl (C=O) groups excluding carboxylic acids is 3. The van der Waals surface area contributed by atoms with Crippen LogP contribution in [0.5, 0.6) is 0 Å². The third kappa shape index (κ3) is 8.31. The maximum Gasteiger partial charge on any atom is 0.272 e. The number of hydrogen-bond acceptors (Lipinski definition) is 6. The Balaban J connectivity index is 1.47. The first-order chi connectivity index (χ1) is 19.4. The normalized spacial score (nSPS) is 10.9. The Bertz CT molecular complexity index is 1490. The van der Waals surface area contributed by atoms with Crippen molar-refractivity contribution >= 4 is 52.6 Å². The molecule has 0 fully saturated rings. The summed E-state index contributed by atoms with van der Waals surface area (Å²) >= 11 is 1.34. The molecule has 0 saturated carbocycles. The van der Waals surface area contributed by atoms with Crippen molar-refractivity contribution in [1.82, 2.24) is 10.3 Å². The van der Waals surface area contributed by atoms with Gasteiger partial charge in [0.25, 0.3) is 11.8 Å². The zero-order chi connectivity index (χ0) is 28.3. The molecular weight excluding hydrogens is 522 g/mol. The fourth-order valence-corrected chi connectivity index (χ4v) is 4.38. The van der Waals surface area contributed by atoms with Crippen molar-refractivity contribution in [2.24, 2.45) is 0 Å². The van der Waals surface area contributed by atoms with Crippen LogP contribution in [0.2, 0.25) is 0 Å². The number of benzene rings is 3. The minimum Gasteiger partial charge on any atom is -0.378 e. The van der Waals surface area contributed by atoms with Crippen molar-refractivity contribution in [3.05, 3.63) is 120 Å². The van der Waals surface area contributed by atoms with Gasteiger partial charge in [0.2, 0.25) is 5.91 Å². The van der Waals surface area contributed by atoms with E-state index in [1.54, 1.807) is 73.1 Å². The number of pyridine rings is 1. The van der Waals surface area contributed by atoms with Crippen LogP contribution < -0.4 is 20.9 Å². The number of anilines is 3. The Kier molecular flexibility index (Phi) is 9.68. The second-order valence-electron chi connectivity index (χ2n) is 8.92. The summed E-state index contributed by atoms with van der Waals surface area (Å²) in [6, 6.07) is 27.0. The largest absolute Gasteiger partial charge is 0.378 e. The van der Waals surface area contributed by atoms with Gasteiger partial charge >= 0.3 is 0 Å². The topological polar surface area (TPSA) is 103 Å². The Morgan fingerprint density at radius 2 is 1.55 bits per heavy atom. The van der Waals surface area contributed by atoms with Crippen molar-refractivity contribution in [3.63, 3.8) is 0 Å². The quantitative estimate of drug-likeness (QED) is 0.183. The highest BCUT2D eigenvalue weighted by Gasteiger charge is 2.15. The first-order valence-electron chi connectivity index (χ1n) is 12.5. The molecule has 4 rings (SSSR count). The molecule has 0 bridgehead atoms. The van der Waals surface area contributed by atoms with Crippen molar-refractivity contribution in [1.29, 1.82) is 0 Å². The molecular formula is C31H29N5O3S. The number of nitrogens with one attached hydrogen (secondary N) is 3. The van der Waals surface area contributed by atoms with E-state index in [2.05, 4.69) is 20.9 Å². The third-order valence-corrected chi connectivity index (χ3v) is 6.67. The molecule has 0 aliphatic heterocycles. The molecule has 40 heavy (non-hydrogen) atoms. The Morgan fingerprint density at radius 1 is 0.825 bits per heavy atom. The van der Waals surface area contributed by atoms with E-state index in [-0.39, 0.29) is 17.4 Å². The first kappa shape index (κ1) is 28.1. The monoisotopic (exact) mass is 551 g/mol. The van der Waals surface area contributed by atoms with E-state index in [1.807, 2.05) is 55.4 Å². The van der Waals surface area contributed by atoms with Crippen LogP contribution in [0.3, 0.4) is 0 Å². The summed E-state index contributed by atoms with van der Waals surface area (Å²) in [5.74, 6) is -0.823. The smallest absolute Gasteiger partial charge is 0.272 e. The molecule has 0 aliphatic carbocycles. The van der Waals surface area contributed by atoms with Crippen LogP contribution in [0, 0.1) is 0 Å². The molecule has 3 N–H and O–H groups in total. The number of amides is 3. The SMILES string of the molecule is CN(C)c1ccc(/C=C(/NC(=O)c2ccccc2)C(=O)Nc2cccc(SCC(=O)Nc3ccncc3)c2)cc1. The lowest BCUT2D eigenvalue weighted by atomic mass is 10.1. The van der Waals surface area contributed by atoms with Crippen LogP contribution in [0.4, 0.5) is 17.1 Å². The van der Waals surface area contributed by atoms with E-state index in [0.29, 0.717) is 16.9 Å². The Labute approximate surface area is 237 Å². The second kappa shape index (κ2) is 13.8. The number of carbonyl (C=O) groups is 3. The van der Waals surface area contributed by atoms with Crippen LogP contribution >= 0.6 is 11.8 Å². The van der Waals surface area contributed by atoms with E-state index in [9.17, 15) is 14.4 Å². The fourth-order valence-electron chi connectivity index (χ4n) is 3.62. The zero-order valence-corrected chi connectivity index (χ0v) is 22.9. The van der Waals surface area contributed by atoms with Gasteiger partial charge in [0.05, 0.1) is 5.75 Å². The summed E-state index contributed by atoms with van der Waals surface area (Å²) in [7, 11) is 3.90. The molecule has 0 spiro atoms. The van der Waals surface area contributed by atoms with Gasteiger partial charge in [-0.25, -0.2) is 0 Å². The van der Waals surface area contributed by atoms with Crippen LogP contribution in [-0.4, -0.2) is 42.6 Å². The maximum absolute atomic E-state index is 13.4. The number of thioether (sulfide) groups is 1. The van der Waals surface area contributed by atoms with E-state index < -0.39 is 11.8 Å². The fraction of sp³-hybridized carbons (Fsp3) is 0.0968. The molecule has 9 heteroatoms. The highest BCUT2D eigenvalue weighted by atomic mass is 32.2. The van der Waals surface area contributed by atoms with Crippen LogP contribution in [0.1, 0.15) is 15.9 Å². The highest BCUT2D eigenvalue weighted by molar-refractivity contribution is 8.00. The van der Waals surface area contributed by atoms with Crippen molar-refractivity contribution in [2.45, 2.75) is 4.90 Å². The molecule has 0 atom stereocenters. The average Bonchev–Trinajstić information content (AvgIpc) is 2.97.